The number of nitrogens with one attached hydrogen (secondary N) is 1. The van der Waals surface area contributed by atoms with E-state index in [0.717, 1.165) is 45.2 Å². The highest BCUT2D eigenvalue weighted by Crippen LogP contribution is 2.46. The van der Waals surface area contributed by atoms with Crippen LogP contribution in [-0.2, 0) is 0 Å². The predicted octanol–water partition coefficient (Wildman–Crippen LogP) is 1.88. The normalized spacial score (nSPS) is 40.1. The fraction of sp³-hybridized carbons (Fsp3) is 1.00. The second-order valence-corrected chi connectivity index (χ2v) is 3.91. The third kappa shape index (κ3) is 1.56. The molecule has 2 fully saturated rings. The molecule has 1 aliphatic carbocycles. The molecule has 0 aromatic rings. The molecule has 0 amide bonds. The number of halogens is 1. The molecule has 0 radical (unpaired) electrons. The van der Waals surface area contributed by atoms with E-state index in [0.29, 0.717) is 5.92 Å². The third-order valence-electron chi connectivity index (χ3n) is 2.97. The molecule has 1 nitrogen and oxygen atoms in total. The molecule has 2 rings (SSSR count). The maximum Gasteiger partial charge on any atom is 0.115 e. The summed E-state index contributed by atoms with van der Waals surface area (Å²) in [7, 11) is 0. The van der Waals surface area contributed by atoms with Crippen LogP contribution < -0.4 is 5.32 Å². The first kappa shape index (κ1) is 7.53. The third-order valence-corrected chi connectivity index (χ3v) is 2.97. The van der Waals surface area contributed by atoms with E-state index in [1.54, 1.807) is 0 Å². The Kier molecular flexibility index (Phi) is 1.88. The minimum atomic E-state index is -0.788. The summed E-state index contributed by atoms with van der Waals surface area (Å²) in [4.78, 5) is 0. The summed E-state index contributed by atoms with van der Waals surface area (Å²) in [5.74, 6) is 0.419. The number of alkyl halides is 1. The molecule has 0 aromatic heterocycles. The Morgan fingerprint density at radius 3 is 2.73 bits per heavy atom. The van der Waals surface area contributed by atoms with Crippen molar-refractivity contribution in [2.24, 2.45) is 5.92 Å². The first-order valence-corrected chi connectivity index (χ1v) is 4.71. The predicted molar refractivity (Wildman–Crippen MR) is 43.3 cm³/mol. The van der Waals surface area contributed by atoms with E-state index in [1.807, 2.05) is 0 Å². The molecule has 2 aliphatic rings. The second-order valence-electron chi connectivity index (χ2n) is 3.91. The van der Waals surface area contributed by atoms with Crippen LogP contribution >= 0.6 is 0 Å². The molecule has 1 N–H and O–H groups in total. The van der Waals surface area contributed by atoms with Crippen molar-refractivity contribution in [2.45, 2.75) is 37.8 Å². The lowest BCUT2D eigenvalue weighted by atomic mass is 9.92. The summed E-state index contributed by atoms with van der Waals surface area (Å²) in [6.45, 7) is 1.89. The van der Waals surface area contributed by atoms with Crippen molar-refractivity contribution in [3.8, 4) is 0 Å². The van der Waals surface area contributed by atoms with Gasteiger partial charge in [-0.15, -0.1) is 0 Å². The molecule has 1 saturated heterocycles. The zero-order valence-electron chi connectivity index (χ0n) is 6.91. The fourth-order valence-electron chi connectivity index (χ4n) is 2.06. The van der Waals surface area contributed by atoms with Crippen LogP contribution in [-0.4, -0.2) is 18.8 Å². The second kappa shape index (κ2) is 2.74. The van der Waals surface area contributed by atoms with Crippen LogP contribution in [0.2, 0.25) is 0 Å². The average Bonchev–Trinajstić information content (AvgIpc) is 2.70. The lowest BCUT2D eigenvalue weighted by Crippen LogP contribution is -2.27. The Morgan fingerprint density at radius 2 is 2.00 bits per heavy atom. The van der Waals surface area contributed by atoms with Gasteiger partial charge in [-0.05, 0) is 51.1 Å². The van der Waals surface area contributed by atoms with Gasteiger partial charge in [0.05, 0.1) is 0 Å². The minimum Gasteiger partial charge on any atom is -0.317 e. The van der Waals surface area contributed by atoms with Gasteiger partial charge in [0.2, 0.25) is 0 Å². The summed E-state index contributed by atoms with van der Waals surface area (Å²) >= 11 is 0. The van der Waals surface area contributed by atoms with Crippen LogP contribution in [0.3, 0.4) is 0 Å². The lowest BCUT2D eigenvalue weighted by Gasteiger charge is -2.22. The molecule has 0 spiro atoms. The smallest absolute Gasteiger partial charge is 0.115 e. The maximum absolute atomic E-state index is 14.0. The molecule has 1 saturated carbocycles. The van der Waals surface area contributed by atoms with Crippen molar-refractivity contribution < 1.29 is 4.39 Å². The van der Waals surface area contributed by atoms with Gasteiger partial charge in [0, 0.05) is 0 Å². The summed E-state index contributed by atoms with van der Waals surface area (Å²) in [6.07, 6.45) is 4.84. The highest BCUT2D eigenvalue weighted by Gasteiger charge is 2.45. The van der Waals surface area contributed by atoms with E-state index < -0.39 is 5.67 Å². The Morgan fingerprint density at radius 1 is 1.18 bits per heavy atom. The van der Waals surface area contributed by atoms with Crippen LogP contribution in [0.15, 0.2) is 0 Å². The molecule has 64 valence electrons. The standard InChI is InChI=1S/C9H16FN/c10-9(8-2-3-8)4-1-6-11-7-5-9/h8,11H,1-7H2. The quantitative estimate of drug-likeness (QED) is 0.612. The molecule has 1 aliphatic heterocycles. The van der Waals surface area contributed by atoms with Crippen LogP contribution in [0.4, 0.5) is 4.39 Å². The zero-order chi connectivity index (χ0) is 7.73. The maximum atomic E-state index is 14.0. The van der Waals surface area contributed by atoms with Crippen molar-refractivity contribution in [1.29, 1.82) is 0 Å². The van der Waals surface area contributed by atoms with Gasteiger partial charge in [-0.1, -0.05) is 0 Å². The fourth-order valence-corrected chi connectivity index (χ4v) is 2.06. The first-order valence-electron chi connectivity index (χ1n) is 4.71. The van der Waals surface area contributed by atoms with Gasteiger partial charge in [-0.25, -0.2) is 4.39 Å². The van der Waals surface area contributed by atoms with E-state index in [4.69, 9.17) is 0 Å². The molecule has 0 bridgehead atoms. The zero-order valence-corrected chi connectivity index (χ0v) is 6.91. The lowest BCUT2D eigenvalue weighted by molar-refractivity contribution is 0.115. The van der Waals surface area contributed by atoms with E-state index in [-0.39, 0.29) is 0 Å². The SMILES string of the molecule is FC1(C2CC2)CCCNCC1. The van der Waals surface area contributed by atoms with E-state index in [9.17, 15) is 4.39 Å². The Hall–Kier alpha value is -0.110. The summed E-state index contributed by atoms with van der Waals surface area (Å²) in [5, 5.41) is 3.25. The van der Waals surface area contributed by atoms with Crippen molar-refractivity contribution >= 4 is 0 Å². The van der Waals surface area contributed by atoms with E-state index in [1.165, 1.54) is 0 Å². The topological polar surface area (TPSA) is 12.0 Å². The monoisotopic (exact) mass is 157 g/mol. The number of rotatable bonds is 1. The van der Waals surface area contributed by atoms with Crippen molar-refractivity contribution in [3.05, 3.63) is 0 Å². The van der Waals surface area contributed by atoms with Gasteiger partial charge in [-0.2, -0.15) is 0 Å². The Balaban J connectivity index is 1.96. The van der Waals surface area contributed by atoms with Gasteiger partial charge < -0.3 is 5.32 Å². The highest BCUT2D eigenvalue weighted by atomic mass is 19.1. The van der Waals surface area contributed by atoms with Gasteiger partial charge in [-0.3, -0.25) is 0 Å². The molecule has 1 unspecified atom stereocenters. The summed E-state index contributed by atoms with van der Waals surface area (Å²) in [6, 6.07) is 0. The molecule has 1 atom stereocenters. The molecular formula is C9H16FN. The minimum absolute atomic E-state index is 0.419. The van der Waals surface area contributed by atoms with Crippen LogP contribution in [0.1, 0.15) is 32.1 Å². The highest BCUT2D eigenvalue weighted by molar-refractivity contribution is 4.96. The van der Waals surface area contributed by atoms with Gasteiger partial charge >= 0.3 is 0 Å². The molecule has 11 heavy (non-hydrogen) atoms. The van der Waals surface area contributed by atoms with Gasteiger partial charge in [0.15, 0.2) is 0 Å². The van der Waals surface area contributed by atoms with Crippen LogP contribution in [0, 0.1) is 5.92 Å². The number of hydrogen-bond acceptors (Lipinski definition) is 1. The van der Waals surface area contributed by atoms with Crippen molar-refractivity contribution in [1.82, 2.24) is 5.32 Å². The summed E-state index contributed by atoms with van der Waals surface area (Å²) in [5.41, 5.74) is -0.788. The molecule has 0 aromatic carbocycles. The van der Waals surface area contributed by atoms with Crippen LogP contribution in [0.25, 0.3) is 0 Å². The Bertz CT molecular complexity index is 134. The molecule has 1 heterocycles. The molecule has 2 heteroatoms. The first-order chi connectivity index (χ1) is 5.31. The molecular weight excluding hydrogens is 141 g/mol. The van der Waals surface area contributed by atoms with Crippen molar-refractivity contribution in [3.63, 3.8) is 0 Å². The number of hydrogen-bond donors (Lipinski definition) is 1. The van der Waals surface area contributed by atoms with Crippen LogP contribution in [0.5, 0.6) is 0 Å². The average molecular weight is 157 g/mol. The Labute approximate surface area is 67.4 Å². The van der Waals surface area contributed by atoms with Gasteiger partial charge in [0.1, 0.15) is 5.67 Å². The summed E-state index contributed by atoms with van der Waals surface area (Å²) < 4.78 is 14.0. The van der Waals surface area contributed by atoms with Gasteiger partial charge in [0.25, 0.3) is 0 Å². The van der Waals surface area contributed by atoms with Crippen molar-refractivity contribution in [2.75, 3.05) is 13.1 Å². The van der Waals surface area contributed by atoms with E-state index in [2.05, 4.69) is 5.32 Å². The largest absolute Gasteiger partial charge is 0.317 e. The van der Waals surface area contributed by atoms with E-state index >= 15 is 0 Å².